The third kappa shape index (κ3) is 4.85. The van der Waals surface area contributed by atoms with Crippen LogP contribution in [0.15, 0.2) is 63.9 Å². The first-order chi connectivity index (χ1) is 14.9. The second-order valence-electron chi connectivity index (χ2n) is 7.66. The maximum absolute atomic E-state index is 13.6. The summed E-state index contributed by atoms with van der Waals surface area (Å²) in [6.07, 6.45) is 1.61. The molecule has 1 aromatic heterocycles. The Morgan fingerprint density at radius 3 is 2.81 bits per heavy atom. The van der Waals surface area contributed by atoms with E-state index in [1.54, 1.807) is 12.1 Å². The molecule has 1 atom stereocenters. The highest BCUT2D eigenvalue weighted by molar-refractivity contribution is 9.10. The van der Waals surface area contributed by atoms with Gasteiger partial charge in [0.05, 0.1) is 11.6 Å². The Hall–Kier alpha value is -3.00. The van der Waals surface area contributed by atoms with Crippen molar-refractivity contribution in [3.05, 3.63) is 80.8 Å². The van der Waals surface area contributed by atoms with Crippen LogP contribution in [-0.2, 0) is 4.79 Å². The predicted octanol–water partition coefficient (Wildman–Crippen LogP) is 4.30. The van der Waals surface area contributed by atoms with Gasteiger partial charge < -0.3 is 10.2 Å². The van der Waals surface area contributed by atoms with Crippen molar-refractivity contribution in [2.75, 3.05) is 23.3 Å². The molecule has 3 aromatic rings. The minimum Gasteiger partial charge on any atom is -0.354 e. The molecule has 1 aliphatic heterocycles. The minimum absolute atomic E-state index is 0.0337. The minimum atomic E-state index is -0.436. The first-order valence-electron chi connectivity index (χ1n) is 10.1. The first kappa shape index (κ1) is 21.2. The van der Waals surface area contributed by atoms with Crippen LogP contribution in [0.2, 0.25) is 0 Å². The molecule has 31 heavy (non-hydrogen) atoms. The number of carbonyl (C=O) groups is 1. The Morgan fingerprint density at radius 2 is 2.03 bits per heavy atom. The third-order valence-electron chi connectivity index (χ3n) is 5.40. The van der Waals surface area contributed by atoms with E-state index in [-0.39, 0.29) is 17.4 Å². The normalized spacial score (nSPS) is 16.2. The zero-order chi connectivity index (χ0) is 22.0. The molecule has 2 heterocycles. The van der Waals surface area contributed by atoms with Gasteiger partial charge in [0.2, 0.25) is 5.91 Å². The van der Waals surface area contributed by atoms with E-state index in [4.69, 9.17) is 0 Å². The number of anilines is 2. The molecule has 1 N–H and O–H groups in total. The lowest BCUT2D eigenvalue weighted by molar-refractivity contribution is -0.120. The molecule has 0 radical (unpaired) electrons. The van der Waals surface area contributed by atoms with Crippen LogP contribution in [-0.4, -0.2) is 28.8 Å². The van der Waals surface area contributed by atoms with Gasteiger partial charge in [0.25, 0.3) is 5.56 Å². The molecule has 1 aliphatic rings. The number of benzene rings is 2. The Morgan fingerprint density at radius 1 is 1.19 bits per heavy atom. The molecule has 160 valence electrons. The predicted molar refractivity (Wildman–Crippen MR) is 122 cm³/mol. The molecule has 2 aromatic carbocycles. The van der Waals surface area contributed by atoms with Crippen LogP contribution in [0.1, 0.15) is 18.4 Å². The smallest absolute Gasteiger partial charge is 0.271 e. The number of carbonyl (C=O) groups excluding carboxylic acids is 1. The highest BCUT2D eigenvalue weighted by Crippen LogP contribution is 2.25. The van der Waals surface area contributed by atoms with Crippen LogP contribution >= 0.6 is 15.9 Å². The molecule has 0 aliphatic carbocycles. The number of aryl methyl sites for hydroxylation is 1. The molecule has 0 spiro atoms. The van der Waals surface area contributed by atoms with Crippen molar-refractivity contribution in [3.8, 4) is 5.69 Å². The van der Waals surface area contributed by atoms with E-state index in [0.29, 0.717) is 18.1 Å². The number of nitrogens with one attached hydrogen (secondary N) is 1. The summed E-state index contributed by atoms with van der Waals surface area (Å²) >= 11 is 3.43. The number of hydrogen-bond acceptors (Lipinski definition) is 4. The molecule has 4 rings (SSSR count). The van der Waals surface area contributed by atoms with E-state index in [1.807, 2.05) is 30.0 Å². The number of halogens is 2. The Balaban J connectivity index is 1.52. The van der Waals surface area contributed by atoms with Crippen LogP contribution in [0.25, 0.3) is 5.69 Å². The molecule has 8 heteroatoms. The largest absolute Gasteiger partial charge is 0.354 e. The highest BCUT2D eigenvalue weighted by atomic mass is 79.9. The van der Waals surface area contributed by atoms with Gasteiger partial charge in [-0.05, 0) is 67.8 Å². The van der Waals surface area contributed by atoms with E-state index >= 15 is 0 Å². The van der Waals surface area contributed by atoms with Crippen LogP contribution in [0.3, 0.4) is 0 Å². The van der Waals surface area contributed by atoms with Crippen LogP contribution in [0.4, 0.5) is 15.9 Å². The zero-order valence-electron chi connectivity index (χ0n) is 17.0. The van der Waals surface area contributed by atoms with Gasteiger partial charge in [-0.25, -0.2) is 4.39 Å². The van der Waals surface area contributed by atoms with E-state index in [0.717, 1.165) is 35.1 Å². The lowest BCUT2D eigenvalue weighted by atomic mass is 9.97. The molecular formula is C23H22BrFN4O2. The van der Waals surface area contributed by atoms with Crippen molar-refractivity contribution in [2.45, 2.75) is 19.8 Å². The van der Waals surface area contributed by atoms with Crippen molar-refractivity contribution < 1.29 is 9.18 Å². The Bertz CT molecular complexity index is 1180. The van der Waals surface area contributed by atoms with Gasteiger partial charge in [0, 0.05) is 29.3 Å². The van der Waals surface area contributed by atoms with Gasteiger partial charge in [-0.3, -0.25) is 9.59 Å². The quantitative estimate of drug-likeness (QED) is 0.599. The van der Waals surface area contributed by atoms with Gasteiger partial charge >= 0.3 is 0 Å². The van der Waals surface area contributed by atoms with Crippen molar-refractivity contribution in [1.82, 2.24) is 9.78 Å². The van der Waals surface area contributed by atoms with Crippen LogP contribution in [0.5, 0.6) is 0 Å². The molecule has 1 amide bonds. The van der Waals surface area contributed by atoms with Crippen LogP contribution < -0.4 is 15.8 Å². The number of hydrogen-bond donors (Lipinski definition) is 1. The highest BCUT2D eigenvalue weighted by Gasteiger charge is 2.27. The molecule has 0 bridgehead atoms. The summed E-state index contributed by atoms with van der Waals surface area (Å²) in [5, 5.41) is 7.46. The number of aromatic nitrogens is 2. The van der Waals surface area contributed by atoms with Gasteiger partial charge in [-0.1, -0.05) is 22.0 Å². The lowest BCUT2D eigenvalue weighted by Gasteiger charge is -2.33. The van der Waals surface area contributed by atoms with Gasteiger partial charge in [-0.2, -0.15) is 4.68 Å². The fourth-order valence-electron chi connectivity index (χ4n) is 3.76. The summed E-state index contributed by atoms with van der Waals surface area (Å²) in [7, 11) is 0. The summed E-state index contributed by atoms with van der Waals surface area (Å²) in [6, 6.07) is 14.6. The topological polar surface area (TPSA) is 67.2 Å². The van der Waals surface area contributed by atoms with E-state index < -0.39 is 5.82 Å². The van der Waals surface area contributed by atoms with Crippen molar-refractivity contribution in [3.63, 3.8) is 0 Å². The van der Waals surface area contributed by atoms with Gasteiger partial charge in [-0.15, -0.1) is 5.10 Å². The molecule has 6 nitrogen and oxygen atoms in total. The fourth-order valence-corrected chi connectivity index (χ4v) is 4.24. The summed E-state index contributed by atoms with van der Waals surface area (Å²) in [5.74, 6) is -0.0857. The summed E-state index contributed by atoms with van der Waals surface area (Å²) < 4.78 is 15.8. The maximum atomic E-state index is 13.6. The second kappa shape index (κ2) is 9.01. The maximum Gasteiger partial charge on any atom is 0.271 e. The number of amides is 1. The van der Waals surface area contributed by atoms with E-state index in [1.165, 1.54) is 28.9 Å². The first-order valence-corrected chi connectivity index (χ1v) is 10.9. The number of nitrogens with zero attached hydrogens (tertiary/aromatic N) is 3. The average Bonchev–Trinajstić information content (AvgIpc) is 2.76. The summed E-state index contributed by atoms with van der Waals surface area (Å²) in [6.45, 7) is 3.18. The molecule has 0 unspecified atom stereocenters. The molecular weight excluding hydrogens is 463 g/mol. The molecule has 0 saturated carbocycles. The Kier molecular flexibility index (Phi) is 6.18. The van der Waals surface area contributed by atoms with Crippen molar-refractivity contribution >= 4 is 33.3 Å². The second-order valence-corrected chi connectivity index (χ2v) is 8.57. The third-order valence-corrected chi connectivity index (χ3v) is 5.89. The zero-order valence-corrected chi connectivity index (χ0v) is 18.6. The lowest BCUT2D eigenvalue weighted by Crippen LogP contribution is -2.41. The number of rotatable bonds is 4. The van der Waals surface area contributed by atoms with Gasteiger partial charge in [0.15, 0.2) is 0 Å². The molecule has 1 fully saturated rings. The van der Waals surface area contributed by atoms with Crippen LogP contribution in [0, 0.1) is 18.7 Å². The monoisotopic (exact) mass is 484 g/mol. The standard InChI is InChI=1S/C23H22BrFN4O2/c1-15-12-17(24)7-8-20(15)26-23(31)16-4-3-11-28(14-16)21-9-10-22(30)29(27-21)19-6-2-5-18(25)13-19/h2,5-10,12-13,16H,3-4,11,14H2,1H3,(H,26,31)/t16-/m1/s1. The average molecular weight is 485 g/mol. The Labute approximate surface area is 187 Å². The number of piperidine rings is 1. The van der Waals surface area contributed by atoms with Gasteiger partial charge in [0.1, 0.15) is 11.6 Å². The van der Waals surface area contributed by atoms with E-state index in [2.05, 4.69) is 26.3 Å². The van der Waals surface area contributed by atoms with Crippen molar-refractivity contribution in [2.24, 2.45) is 5.92 Å². The van der Waals surface area contributed by atoms with E-state index in [9.17, 15) is 14.0 Å². The fraction of sp³-hybridized carbons (Fsp3) is 0.261. The SMILES string of the molecule is Cc1cc(Br)ccc1NC(=O)[C@@H]1CCCN(c2ccc(=O)n(-c3cccc(F)c3)n2)C1. The van der Waals surface area contributed by atoms with Crippen molar-refractivity contribution in [1.29, 1.82) is 0 Å². The summed E-state index contributed by atoms with van der Waals surface area (Å²) in [4.78, 5) is 27.2. The summed E-state index contributed by atoms with van der Waals surface area (Å²) in [5.41, 5.74) is 1.80. The molecule has 1 saturated heterocycles.